The molecule has 0 aliphatic heterocycles. The Bertz CT molecular complexity index is 857. The fourth-order valence-electron chi connectivity index (χ4n) is 2.37. The summed E-state index contributed by atoms with van der Waals surface area (Å²) in [5.74, 6) is 1.06. The molecule has 0 amide bonds. The Hall–Kier alpha value is -2.47. The van der Waals surface area contributed by atoms with Crippen LogP contribution < -0.4 is 4.74 Å². The summed E-state index contributed by atoms with van der Waals surface area (Å²) in [6.45, 7) is 0. The molecule has 0 unspecified atom stereocenters. The largest absolute Gasteiger partial charge is 0.495 e. The highest BCUT2D eigenvalue weighted by Crippen LogP contribution is 2.33. The second-order valence-corrected chi connectivity index (χ2v) is 5.45. The zero-order chi connectivity index (χ0) is 17.3. The number of ether oxygens (including phenoxy) is 1. The molecule has 3 nitrogen and oxygen atoms in total. The Kier molecular flexibility index (Phi) is 4.24. The van der Waals surface area contributed by atoms with Crippen LogP contribution in [-0.4, -0.2) is 16.7 Å². The van der Waals surface area contributed by atoms with Crippen LogP contribution in [0, 0.1) is 0 Å². The topological polar surface area (TPSA) is 27.1 Å². The minimum absolute atomic E-state index is 0.490. The van der Waals surface area contributed by atoms with Gasteiger partial charge in [-0.1, -0.05) is 23.7 Å². The van der Waals surface area contributed by atoms with E-state index < -0.39 is 11.7 Å². The first-order valence-electron chi connectivity index (χ1n) is 6.95. The van der Waals surface area contributed by atoms with Crippen molar-refractivity contribution in [3.05, 3.63) is 65.4 Å². The third-order valence-electron chi connectivity index (χ3n) is 3.51. The Morgan fingerprint density at radius 3 is 2.42 bits per heavy atom. The number of hydrogen-bond donors (Lipinski definition) is 0. The number of halogens is 4. The molecule has 2 aromatic carbocycles. The molecule has 7 heteroatoms. The van der Waals surface area contributed by atoms with E-state index in [1.807, 2.05) is 0 Å². The number of benzene rings is 2. The summed E-state index contributed by atoms with van der Waals surface area (Å²) in [5, 5.41) is 0.512. The first-order valence-corrected chi connectivity index (χ1v) is 7.33. The molecule has 0 spiro atoms. The molecule has 0 saturated heterocycles. The van der Waals surface area contributed by atoms with E-state index in [0.717, 1.165) is 12.1 Å². The van der Waals surface area contributed by atoms with Crippen LogP contribution in [0.4, 0.5) is 13.2 Å². The predicted molar refractivity (Wildman–Crippen MR) is 85.6 cm³/mol. The van der Waals surface area contributed by atoms with Crippen molar-refractivity contribution >= 4 is 11.6 Å². The first kappa shape index (κ1) is 16.4. The predicted octanol–water partition coefficient (Wildman–Crippen LogP) is 5.22. The summed E-state index contributed by atoms with van der Waals surface area (Å²) in [7, 11) is 1.53. The number of aromatic nitrogens is 2. The van der Waals surface area contributed by atoms with E-state index in [0.29, 0.717) is 27.8 Å². The van der Waals surface area contributed by atoms with Gasteiger partial charge >= 0.3 is 6.18 Å². The standard InChI is InChI=1S/C17H12ClF3N2O/c1-24-15-7-6-13(18)10-14(15)23-9-8-22-16(23)11-2-4-12(5-3-11)17(19,20)21/h2-10H,1H3. The third kappa shape index (κ3) is 3.10. The molecule has 0 bridgehead atoms. The van der Waals surface area contributed by atoms with E-state index in [1.54, 1.807) is 35.2 Å². The van der Waals surface area contributed by atoms with Crippen molar-refractivity contribution in [2.24, 2.45) is 0 Å². The van der Waals surface area contributed by atoms with Crippen molar-refractivity contribution in [2.75, 3.05) is 7.11 Å². The van der Waals surface area contributed by atoms with Gasteiger partial charge in [-0.05, 0) is 30.3 Å². The summed E-state index contributed by atoms with van der Waals surface area (Å²) in [6.07, 6.45) is -1.11. The lowest BCUT2D eigenvalue weighted by Crippen LogP contribution is -2.04. The fraction of sp³-hybridized carbons (Fsp3) is 0.118. The summed E-state index contributed by atoms with van der Waals surface area (Å²) in [6, 6.07) is 9.95. The van der Waals surface area contributed by atoms with Crippen molar-refractivity contribution < 1.29 is 17.9 Å². The Morgan fingerprint density at radius 2 is 1.79 bits per heavy atom. The fourth-order valence-corrected chi connectivity index (χ4v) is 2.54. The smallest absolute Gasteiger partial charge is 0.416 e. The molecular formula is C17H12ClF3N2O. The lowest BCUT2D eigenvalue weighted by Gasteiger charge is -2.13. The van der Waals surface area contributed by atoms with Gasteiger partial charge in [0, 0.05) is 23.0 Å². The molecule has 3 aromatic rings. The van der Waals surface area contributed by atoms with Crippen LogP contribution in [0.25, 0.3) is 17.1 Å². The first-order chi connectivity index (χ1) is 11.4. The molecule has 0 aliphatic rings. The van der Waals surface area contributed by atoms with E-state index >= 15 is 0 Å². The molecule has 3 rings (SSSR count). The van der Waals surface area contributed by atoms with Gasteiger partial charge in [0.25, 0.3) is 0 Å². The van der Waals surface area contributed by atoms with Gasteiger partial charge in [0.05, 0.1) is 18.4 Å². The maximum atomic E-state index is 12.7. The molecular weight excluding hydrogens is 341 g/mol. The van der Waals surface area contributed by atoms with Crippen LogP contribution in [0.3, 0.4) is 0 Å². The van der Waals surface area contributed by atoms with Crippen molar-refractivity contribution in [1.29, 1.82) is 0 Å². The number of hydrogen-bond acceptors (Lipinski definition) is 2. The van der Waals surface area contributed by atoms with Crippen molar-refractivity contribution in [3.8, 4) is 22.8 Å². The lowest BCUT2D eigenvalue weighted by atomic mass is 10.1. The molecule has 24 heavy (non-hydrogen) atoms. The van der Waals surface area contributed by atoms with Crippen LogP contribution >= 0.6 is 11.6 Å². The van der Waals surface area contributed by atoms with Crippen LogP contribution in [-0.2, 0) is 6.18 Å². The van der Waals surface area contributed by atoms with Crippen molar-refractivity contribution in [3.63, 3.8) is 0 Å². The van der Waals surface area contributed by atoms with Crippen LogP contribution in [0.15, 0.2) is 54.9 Å². The van der Waals surface area contributed by atoms with E-state index in [2.05, 4.69) is 4.98 Å². The maximum Gasteiger partial charge on any atom is 0.416 e. The highest BCUT2D eigenvalue weighted by atomic mass is 35.5. The van der Waals surface area contributed by atoms with Crippen LogP contribution in [0.1, 0.15) is 5.56 Å². The second-order valence-electron chi connectivity index (χ2n) is 5.01. The van der Waals surface area contributed by atoms with Crippen molar-refractivity contribution in [1.82, 2.24) is 9.55 Å². The summed E-state index contributed by atoms with van der Waals surface area (Å²) in [5.41, 5.74) is 0.497. The van der Waals surface area contributed by atoms with E-state index in [9.17, 15) is 13.2 Å². The molecule has 0 N–H and O–H groups in total. The number of imidazole rings is 1. The highest BCUT2D eigenvalue weighted by Gasteiger charge is 2.30. The molecule has 1 heterocycles. The molecule has 0 aliphatic carbocycles. The Morgan fingerprint density at radius 1 is 1.08 bits per heavy atom. The molecule has 0 radical (unpaired) electrons. The van der Waals surface area contributed by atoms with E-state index in [-0.39, 0.29) is 0 Å². The zero-order valence-corrected chi connectivity index (χ0v) is 13.3. The average molecular weight is 353 g/mol. The van der Waals surface area contributed by atoms with Gasteiger partial charge in [0.2, 0.25) is 0 Å². The minimum atomic E-state index is -4.37. The number of nitrogens with zero attached hydrogens (tertiary/aromatic N) is 2. The van der Waals surface area contributed by atoms with Gasteiger partial charge in [0.15, 0.2) is 0 Å². The summed E-state index contributed by atoms with van der Waals surface area (Å²) in [4.78, 5) is 4.24. The average Bonchev–Trinajstić information content (AvgIpc) is 3.03. The minimum Gasteiger partial charge on any atom is -0.495 e. The normalized spacial score (nSPS) is 11.5. The number of methoxy groups -OCH3 is 1. The second kappa shape index (κ2) is 6.20. The molecule has 0 saturated carbocycles. The zero-order valence-electron chi connectivity index (χ0n) is 12.5. The van der Waals surface area contributed by atoms with Gasteiger partial charge in [-0.15, -0.1) is 0 Å². The SMILES string of the molecule is COc1ccc(Cl)cc1-n1ccnc1-c1ccc(C(F)(F)F)cc1. The number of alkyl halides is 3. The van der Waals surface area contributed by atoms with Gasteiger partial charge in [-0.2, -0.15) is 13.2 Å². The quantitative estimate of drug-likeness (QED) is 0.646. The molecule has 0 fully saturated rings. The summed E-state index contributed by atoms with van der Waals surface area (Å²) >= 11 is 6.05. The third-order valence-corrected chi connectivity index (χ3v) is 3.75. The summed E-state index contributed by atoms with van der Waals surface area (Å²) < 4.78 is 45.1. The van der Waals surface area contributed by atoms with Gasteiger partial charge in [-0.25, -0.2) is 4.98 Å². The highest BCUT2D eigenvalue weighted by molar-refractivity contribution is 6.30. The number of rotatable bonds is 3. The lowest BCUT2D eigenvalue weighted by molar-refractivity contribution is -0.137. The van der Waals surface area contributed by atoms with Gasteiger partial charge in [-0.3, -0.25) is 4.57 Å². The Balaban J connectivity index is 2.07. The van der Waals surface area contributed by atoms with Gasteiger partial charge in [0.1, 0.15) is 11.6 Å². The molecule has 1 aromatic heterocycles. The molecule has 124 valence electrons. The maximum absolute atomic E-state index is 12.7. The van der Waals surface area contributed by atoms with E-state index in [4.69, 9.17) is 16.3 Å². The molecule has 0 atom stereocenters. The Labute approximate surface area is 141 Å². The van der Waals surface area contributed by atoms with E-state index in [1.165, 1.54) is 19.2 Å². The van der Waals surface area contributed by atoms with Crippen molar-refractivity contribution in [2.45, 2.75) is 6.18 Å². The van der Waals surface area contributed by atoms with Crippen LogP contribution in [0.5, 0.6) is 5.75 Å². The monoisotopic (exact) mass is 352 g/mol. The van der Waals surface area contributed by atoms with Gasteiger partial charge < -0.3 is 4.74 Å². The van der Waals surface area contributed by atoms with Crippen LogP contribution in [0.2, 0.25) is 5.02 Å².